The van der Waals surface area contributed by atoms with Crippen molar-refractivity contribution in [2.45, 2.75) is 13.8 Å². The summed E-state index contributed by atoms with van der Waals surface area (Å²) in [6.45, 7) is 3.40. The third-order valence-corrected chi connectivity index (χ3v) is 1.38. The minimum absolute atomic E-state index is 0.533. The van der Waals surface area contributed by atoms with Gasteiger partial charge in [0.1, 0.15) is 6.29 Å². The summed E-state index contributed by atoms with van der Waals surface area (Å²) >= 11 is 0. The first-order valence-corrected chi connectivity index (χ1v) is 3.94. The Balaban J connectivity index is 0.000000424. The Morgan fingerprint density at radius 3 is 1.92 bits per heavy atom. The van der Waals surface area contributed by atoms with Crippen LogP contribution in [0.25, 0.3) is 0 Å². The second kappa shape index (κ2) is 6.40. The van der Waals surface area contributed by atoms with E-state index in [0.29, 0.717) is 5.46 Å². The number of aryl methyl sites for hydroxylation is 1. The van der Waals surface area contributed by atoms with Crippen molar-refractivity contribution in [2.75, 3.05) is 0 Å². The predicted molar refractivity (Wildman–Crippen MR) is 52.7 cm³/mol. The van der Waals surface area contributed by atoms with Crippen LogP contribution in [0.15, 0.2) is 24.3 Å². The molecule has 0 saturated carbocycles. The van der Waals surface area contributed by atoms with Crippen LogP contribution in [0, 0.1) is 6.92 Å². The SMILES string of the molecule is CC=O.Cc1ccc(B(O)O)cc1. The molecule has 3 nitrogen and oxygen atoms in total. The fourth-order valence-electron chi connectivity index (χ4n) is 0.739. The first-order chi connectivity index (χ1) is 6.11. The van der Waals surface area contributed by atoms with E-state index in [1.807, 2.05) is 19.1 Å². The Morgan fingerprint density at radius 2 is 1.62 bits per heavy atom. The van der Waals surface area contributed by atoms with E-state index in [-0.39, 0.29) is 0 Å². The van der Waals surface area contributed by atoms with Crippen LogP contribution in [0.3, 0.4) is 0 Å². The molecule has 0 heterocycles. The molecule has 0 aliphatic rings. The number of aldehydes is 1. The number of carbonyl (C=O) groups excluding carboxylic acids is 1. The van der Waals surface area contributed by atoms with Gasteiger partial charge in [-0.1, -0.05) is 29.8 Å². The van der Waals surface area contributed by atoms with E-state index in [2.05, 4.69) is 0 Å². The maximum absolute atomic E-state index is 8.81. The van der Waals surface area contributed by atoms with Gasteiger partial charge in [-0.3, -0.25) is 0 Å². The van der Waals surface area contributed by atoms with Crippen molar-refractivity contribution in [3.8, 4) is 0 Å². The maximum atomic E-state index is 8.81. The van der Waals surface area contributed by atoms with Gasteiger partial charge in [-0.15, -0.1) is 0 Å². The molecule has 0 unspecified atom stereocenters. The average molecular weight is 180 g/mol. The molecule has 0 aliphatic heterocycles. The van der Waals surface area contributed by atoms with Crippen molar-refractivity contribution in [2.24, 2.45) is 0 Å². The van der Waals surface area contributed by atoms with E-state index in [1.54, 1.807) is 12.1 Å². The van der Waals surface area contributed by atoms with Crippen molar-refractivity contribution in [3.63, 3.8) is 0 Å². The number of rotatable bonds is 1. The van der Waals surface area contributed by atoms with Gasteiger partial charge in [0.2, 0.25) is 0 Å². The second-order valence-corrected chi connectivity index (χ2v) is 2.52. The van der Waals surface area contributed by atoms with E-state index in [4.69, 9.17) is 14.8 Å². The molecular weight excluding hydrogens is 167 g/mol. The molecule has 0 saturated heterocycles. The quantitative estimate of drug-likeness (QED) is 0.467. The van der Waals surface area contributed by atoms with Gasteiger partial charge in [0, 0.05) is 0 Å². The van der Waals surface area contributed by atoms with Crippen LogP contribution in [0.5, 0.6) is 0 Å². The molecule has 13 heavy (non-hydrogen) atoms. The van der Waals surface area contributed by atoms with Crippen molar-refractivity contribution < 1.29 is 14.8 Å². The molecular formula is C9H13BO3. The first kappa shape index (κ1) is 11.9. The van der Waals surface area contributed by atoms with Crippen LogP contribution in [-0.4, -0.2) is 23.5 Å². The highest BCUT2D eigenvalue weighted by atomic mass is 16.4. The van der Waals surface area contributed by atoms with E-state index < -0.39 is 7.12 Å². The number of carbonyl (C=O) groups is 1. The molecule has 0 aliphatic carbocycles. The summed E-state index contributed by atoms with van der Waals surface area (Å²) in [4.78, 5) is 8.81. The first-order valence-electron chi connectivity index (χ1n) is 3.94. The summed E-state index contributed by atoms with van der Waals surface area (Å²) < 4.78 is 0. The molecule has 4 heteroatoms. The third kappa shape index (κ3) is 5.17. The van der Waals surface area contributed by atoms with E-state index in [1.165, 1.54) is 6.92 Å². The average Bonchev–Trinajstić information content (AvgIpc) is 2.06. The summed E-state index contributed by atoms with van der Waals surface area (Å²) in [5.41, 5.74) is 1.65. The zero-order valence-corrected chi connectivity index (χ0v) is 7.77. The second-order valence-electron chi connectivity index (χ2n) is 2.52. The topological polar surface area (TPSA) is 57.5 Å². The van der Waals surface area contributed by atoms with E-state index in [9.17, 15) is 0 Å². The molecule has 0 spiro atoms. The van der Waals surface area contributed by atoms with Gasteiger partial charge < -0.3 is 14.8 Å². The van der Waals surface area contributed by atoms with Crippen LogP contribution < -0.4 is 5.46 Å². The molecule has 70 valence electrons. The molecule has 1 rings (SSSR count). The molecule has 0 aromatic heterocycles. The predicted octanol–water partition coefficient (Wildman–Crippen LogP) is -0.120. The van der Waals surface area contributed by atoms with Gasteiger partial charge in [0.05, 0.1) is 0 Å². The summed E-state index contributed by atoms with van der Waals surface area (Å²) in [5.74, 6) is 0. The zero-order chi connectivity index (χ0) is 10.3. The highest BCUT2D eigenvalue weighted by Crippen LogP contribution is 1.92. The monoisotopic (exact) mass is 180 g/mol. The van der Waals surface area contributed by atoms with Gasteiger partial charge in [-0.25, -0.2) is 0 Å². The van der Waals surface area contributed by atoms with Crippen molar-refractivity contribution in [1.82, 2.24) is 0 Å². The number of benzene rings is 1. The van der Waals surface area contributed by atoms with E-state index >= 15 is 0 Å². The molecule has 0 fully saturated rings. The number of hydrogen-bond donors (Lipinski definition) is 2. The van der Waals surface area contributed by atoms with Crippen LogP contribution >= 0.6 is 0 Å². The number of hydrogen-bond acceptors (Lipinski definition) is 3. The van der Waals surface area contributed by atoms with Gasteiger partial charge >= 0.3 is 7.12 Å². The Bertz CT molecular complexity index is 244. The molecule has 0 bridgehead atoms. The molecule has 1 aromatic carbocycles. The minimum atomic E-state index is -1.35. The largest absolute Gasteiger partial charge is 0.488 e. The highest BCUT2D eigenvalue weighted by Gasteiger charge is 2.08. The lowest BCUT2D eigenvalue weighted by atomic mass is 9.80. The lowest BCUT2D eigenvalue weighted by Gasteiger charge is -1.97. The van der Waals surface area contributed by atoms with Crippen LogP contribution in [0.4, 0.5) is 0 Å². The van der Waals surface area contributed by atoms with Crippen LogP contribution in [0.2, 0.25) is 0 Å². The van der Waals surface area contributed by atoms with Gasteiger partial charge in [0.15, 0.2) is 0 Å². The molecule has 0 amide bonds. The lowest BCUT2D eigenvalue weighted by Crippen LogP contribution is -2.29. The van der Waals surface area contributed by atoms with Gasteiger partial charge in [0.25, 0.3) is 0 Å². The lowest BCUT2D eigenvalue weighted by molar-refractivity contribution is -0.106. The van der Waals surface area contributed by atoms with Crippen LogP contribution in [-0.2, 0) is 4.79 Å². The summed E-state index contributed by atoms with van der Waals surface area (Å²) in [6, 6.07) is 7.07. The molecule has 1 aromatic rings. The van der Waals surface area contributed by atoms with Gasteiger partial charge in [-0.2, -0.15) is 0 Å². The Kier molecular flexibility index (Phi) is 5.84. The van der Waals surface area contributed by atoms with Crippen molar-refractivity contribution >= 4 is 18.9 Å². The Labute approximate surface area is 78.2 Å². The Hall–Kier alpha value is -1.13. The summed E-state index contributed by atoms with van der Waals surface area (Å²) in [6.07, 6.45) is 0.750. The van der Waals surface area contributed by atoms with Crippen LogP contribution in [0.1, 0.15) is 12.5 Å². The maximum Gasteiger partial charge on any atom is 0.488 e. The summed E-state index contributed by atoms with van der Waals surface area (Å²) in [5, 5.41) is 17.3. The third-order valence-electron chi connectivity index (χ3n) is 1.38. The van der Waals surface area contributed by atoms with Crippen molar-refractivity contribution in [1.29, 1.82) is 0 Å². The van der Waals surface area contributed by atoms with Crippen molar-refractivity contribution in [3.05, 3.63) is 29.8 Å². The summed E-state index contributed by atoms with van der Waals surface area (Å²) in [7, 11) is -1.35. The fraction of sp³-hybridized carbons (Fsp3) is 0.222. The fourth-order valence-corrected chi connectivity index (χ4v) is 0.739. The minimum Gasteiger partial charge on any atom is -0.423 e. The Morgan fingerprint density at radius 1 is 1.23 bits per heavy atom. The zero-order valence-electron chi connectivity index (χ0n) is 7.77. The normalized spacial score (nSPS) is 8.31. The molecule has 0 radical (unpaired) electrons. The standard InChI is InChI=1S/C7H9BO2.C2H4O/c1-6-2-4-7(5-3-6)8(9)10;1-2-3/h2-5,9-10H,1H3;2H,1H3. The molecule has 0 atom stereocenters. The highest BCUT2D eigenvalue weighted by molar-refractivity contribution is 6.58. The molecule has 2 N–H and O–H groups in total. The van der Waals surface area contributed by atoms with E-state index in [0.717, 1.165) is 11.8 Å². The van der Waals surface area contributed by atoms with Gasteiger partial charge in [-0.05, 0) is 19.3 Å². The smallest absolute Gasteiger partial charge is 0.423 e.